The zero-order chi connectivity index (χ0) is 14.2. The maximum absolute atomic E-state index is 6.13. The van der Waals surface area contributed by atoms with E-state index in [0.29, 0.717) is 11.2 Å². The summed E-state index contributed by atoms with van der Waals surface area (Å²) in [6.07, 6.45) is 1.24. The summed E-state index contributed by atoms with van der Waals surface area (Å²) in [7, 11) is 2.04. The standard InChI is InChI=1S/C14H22ClN3O/c1-9-10(6-7-19-9)18(5)12-8-11(15)16-13(17-12)14(2,3)4/h8-10H,6-7H2,1-5H3. The molecule has 0 N–H and O–H groups in total. The Morgan fingerprint density at radius 2 is 2.05 bits per heavy atom. The molecule has 19 heavy (non-hydrogen) atoms. The highest BCUT2D eigenvalue weighted by Crippen LogP contribution is 2.27. The summed E-state index contributed by atoms with van der Waals surface area (Å²) in [5, 5.41) is 0.494. The molecule has 1 aliphatic heterocycles. The Balaban J connectivity index is 2.31. The van der Waals surface area contributed by atoms with Crippen LogP contribution in [0.1, 0.15) is 39.9 Å². The van der Waals surface area contributed by atoms with Crippen molar-refractivity contribution in [3.63, 3.8) is 0 Å². The summed E-state index contributed by atoms with van der Waals surface area (Å²) >= 11 is 6.13. The summed E-state index contributed by atoms with van der Waals surface area (Å²) in [6, 6.07) is 2.17. The van der Waals surface area contributed by atoms with E-state index in [4.69, 9.17) is 16.3 Å². The third-order valence-electron chi connectivity index (χ3n) is 3.55. The van der Waals surface area contributed by atoms with Gasteiger partial charge in [0.15, 0.2) is 0 Å². The maximum Gasteiger partial charge on any atom is 0.137 e. The molecule has 2 unspecified atom stereocenters. The Hall–Kier alpha value is -0.870. The monoisotopic (exact) mass is 283 g/mol. The van der Waals surface area contributed by atoms with Crippen molar-refractivity contribution in [2.45, 2.75) is 51.7 Å². The minimum Gasteiger partial charge on any atom is -0.376 e. The molecule has 2 atom stereocenters. The molecule has 2 heterocycles. The smallest absolute Gasteiger partial charge is 0.137 e. The third kappa shape index (κ3) is 3.18. The SMILES string of the molecule is CC1OCCC1N(C)c1cc(Cl)nc(C(C)(C)C)n1. The first kappa shape index (κ1) is 14.5. The summed E-state index contributed by atoms with van der Waals surface area (Å²) < 4.78 is 5.62. The molecule has 106 valence electrons. The molecule has 1 aromatic heterocycles. The first-order valence-electron chi connectivity index (χ1n) is 6.68. The van der Waals surface area contributed by atoms with Gasteiger partial charge in [-0.1, -0.05) is 32.4 Å². The summed E-state index contributed by atoms with van der Waals surface area (Å²) in [6.45, 7) is 9.17. The molecule has 0 saturated carbocycles. The Bertz CT molecular complexity index is 458. The van der Waals surface area contributed by atoms with E-state index >= 15 is 0 Å². The van der Waals surface area contributed by atoms with Gasteiger partial charge in [0.05, 0.1) is 12.1 Å². The van der Waals surface area contributed by atoms with Crippen LogP contribution in [0.2, 0.25) is 5.15 Å². The van der Waals surface area contributed by atoms with Crippen LogP contribution in [-0.2, 0) is 10.2 Å². The molecule has 1 aromatic rings. The fraction of sp³-hybridized carbons (Fsp3) is 0.714. The van der Waals surface area contributed by atoms with Gasteiger partial charge in [-0.3, -0.25) is 0 Å². The first-order valence-corrected chi connectivity index (χ1v) is 7.06. The Morgan fingerprint density at radius 3 is 2.58 bits per heavy atom. The maximum atomic E-state index is 6.13. The van der Waals surface area contributed by atoms with Gasteiger partial charge < -0.3 is 9.64 Å². The van der Waals surface area contributed by atoms with Crippen molar-refractivity contribution in [1.82, 2.24) is 9.97 Å². The van der Waals surface area contributed by atoms with E-state index in [0.717, 1.165) is 24.7 Å². The molecule has 0 bridgehead atoms. The highest BCUT2D eigenvalue weighted by atomic mass is 35.5. The average molecular weight is 284 g/mol. The molecule has 5 heteroatoms. The molecule has 0 amide bonds. The zero-order valence-corrected chi connectivity index (χ0v) is 13.0. The number of anilines is 1. The van der Waals surface area contributed by atoms with Crippen LogP contribution in [0.5, 0.6) is 0 Å². The lowest BCUT2D eigenvalue weighted by Crippen LogP contribution is -2.37. The second-order valence-electron chi connectivity index (χ2n) is 6.17. The molecular weight excluding hydrogens is 262 g/mol. The zero-order valence-electron chi connectivity index (χ0n) is 12.3. The van der Waals surface area contributed by atoms with Crippen LogP contribution in [-0.4, -0.2) is 35.8 Å². The van der Waals surface area contributed by atoms with Gasteiger partial charge >= 0.3 is 0 Å². The lowest BCUT2D eigenvalue weighted by atomic mass is 9.96. The van der Waals surface area contributed by atoms with Gasteiger partial charge in [0.1, 0.15) is 16.8 Å². The van der Waals surface area contributed by atoms with Gasteiger partial charge in [0.25, 0.3) is 0 Å². The van der Waals surface area contributed by atoms with Crippen LogP contribution in [0.3, 0.4) is 0 Å². The van der Waals surface area contributed by atoms with Gasteiger partial charge in [0, 0.05) is 25.1 Å². The lowest BCUT2D eigenvalue weighted by molar-refractivity contribution is 0.118. The molecule has 1 fully saturated rings. The van der Waals surface area contributed by atoms with Crippen molar-refractivity contribution in [2.75, 3.05) is 18.6 Å². The number of nitrogens with zero attached hydrogens (tertiary/aromatic N) is 3. The predicted molar refractivity (Wildman–Crippen MR) is 78.0 cm³/mol. The Morgan fingerprint density at radius 1 is 1.37 bits per heavy atom. The Labute approximate surface area is 120 Å². The van der Waals surface area contributed by atoms with E-state index in [2.05, 4.69) is 42.6 Å². The van der Waals surface area contributed by atoms with Gasteiger partial charge in [-0.2, -0.15) is 0 Å². The number of hydrogen-bond acceptors (Lipinski definition) is 4. The average Bonchev–Trinajstić information content (AvgIpc) is 2.72. The molecular formula is C14H22ClN3O. The second kappa shape index (κ2) is 5.25. The fourth-order valence-corrected chi connectivity index (χ4v) is 2.50. The van der Waals surface area contributed by atoms with Crippen LogP contribution >= 0.6 is 11.6 Å². The molecule has 0 aliphatic carbocycles. The first-order chi connectivity index (χ1) is 8.79. The lowest BCUT2D eigenvalue weighted by Gasteiger charge is -2.29. The normalized spacial score (nSPS) is 23.7. The Kier molecular flexibility index (Phi) is 4.02. The summed E-state index contributed by atoms with van der Waals surface area (Å²) in [5.41, 5.74) is -0.113. The van der Waals surface area contributed by atoms with Crippen LogP contribution < -0.4 is 4.90 Å². The largest absolute Gasteiger partial charge is 0.376 e. The van der Waals surface area contributed by atoms with Crippen molar-refractivity contribution in [3.05, 3.63) is 17.0 Å². The van der Waals surface area contributed by atoms with E-state index in [-0.39, 0.29) is 11.5 Å². The van der Waals surface area contributed by atoms with E-state index in [1.54, 1.807) is 0 Å². The minimum atomic E-state index is -0.113. The van der Waals surface area contributed by atoms with E-state index < -0.39 is 0 Å². The minimum absolute atomic E-state index is 0.113. The quantitative estimate of drug-likeness (QED) is 0.782. The van der Waals surface area contributed by atoms with Crippen molar-refractivity contribution in [2.24, 2.45) is 0 Å². The molecule has 0 radical (unpaired) electrons. The fourth-order valence-electron chi connectivity index (χ4n) is 2.32. The van der Waals surface area contributed by atoms with Crippen molar-refractivity contribution < 1.29 is 4.74 Å². The van der Waals surface area contributed by atoms with Gasteiger partial charge in [-0.15, -0.1) is 0 Å². The topological polar surface area (TPSA) is 38.2 Å². The third-order valence-corrected chi connectivity index (χ3v) is 3.74. The van der Waals surface area contributed by atoms with Crippen LogP contribution in [0.4, 0.5) is 5.82 Å². The van der Waals surface area contributed by atoms with Crippen LogP contribution in [0, 0.1) is 0 Å². The highest BCUT2D eigenvalue weighted by Gasteiger charge is 2.29. The van der Waals surface area contributed by atoms with E-state index in [1.165, 1.54) is 0 Å². The van der Waals surface area contributed by atoms with Gasteiger partial charge in [-0.25, -0.2) is 9.97 Å². The summed E-state index contributed by atoms with van der Waals surface area (Å²) in [4.78, 5) is 11.1. The number of rotatable bonds is 2. The number of halogens is 1. The molecule has 0 spiro atoms. The summed E-state index contributed by atoms with van der Waals surface area (Å²) in [5.74, 6) is 1.64. The number of likely N-dealkylation sites (N-methyl/N-ethyl adjacent to an activating group) is 1. The van der Waals surface area contributed by atoms with Crippen molar-refractivity contribution >= 4 is 17.4 Å². The van der Waals surface area contributed by atoms with Crippen molar-refractivity contribution in [3.8, 4) is 0 Å². The number of ether oxygens (including phenoxy) is 1. The van der Waals surface area contributed by atoms with E-state index in [1.807, 2.05) is 13.1 Å². The van der Waals surface area contributed by atoms with Crippen LogP contribution in [0.15, 0.2) is 6.07 Å². The van der Waals surface area contributed by atoms with Gasteiger partial charge in [-0.05, 0) is 13.3 Å². The van der Waals surface area contributed by atoms with E-state index in [9.17, 15) is 0 Å². The van der Waals surface area contributed by atoms with Crippen molar-refractivity contribution in [1.29, 1.82) is 0 Å². The highest BCUT2D eigenvalue weighted by molar-refractivity contribution is 6.29. The number of aromatic nitrogens is 2. The molecule has 0 aromatic carbocycles. The number of hydrogen-bond donors (Lipinski definition) is 0. The predicted octanol–water partition coefficient (Wildman–Crippen LogP) is 3.04. The molecule has 4 nitrogen and oxygen atoms in total. The van der Waals surface area contributed by atoms with Gasteiger partial charge in [0.2, 0.25) is 0 Å². The molecule has 1 saturated heterocycles. The molecule has 2 rings (SSSR count). The molecule has 1 aliphatic rings. The van der Waals surface area contributed by atoms with Crippen LogP contribution in [0.25, 0.3) is 0 Å². The second-order valence-corrected chi connectivity index (χ2v) is 6.55.